The molecule has 21 heavy (non-hydrogen) atoms. The van der Waals surface area contributed by atoms with Crippen LogP contribution in [0.25, 0.3) is 0 Å². The van der Waals surface area contributed by atoms with Crippen molar-refractivity contribution in [3.8, 4) is 0 Å². The van der Waals surface area contributed by atoms with Gasteiger partial charge in [0.15, 0.2) is 9.84 Å². The first kappa shape index (κ1) is 15.1. The van der Waals surface area contributed by atoms with Crippen LogP contribution in [-0.4, -0.2) is 62.6 Å². The summed E-state index contributed by atoms with van der Waals surface area (Å²) in [6.45, 7) is 2.62. The fourth-order valence-electron chi connectivity index (χ4n) is 3.36. The molecule has 2 amide bonds. The van der Waals surface area contributed by atoms with E-state index < -0.39 is 9.84 Å². The molecular formula is C14H25N3O3S. The number of nitrogens with zero attached hydrogens (tertiary/aromatic N) is 1. The fourth-order valence-corrected chi connectivity index (χ4v) is 5.22. The molecule has 2 heterocycles. The Balaban J connectivity index is 1.33. The van der Waals surface area contributed by atoms with Crippen molar-refractivity contribution in [3.63, 3.8) is 0 Å². The van der Waals surface area contributed by atoms with Gasteiger partial charge in [0.25, 0.3) is 0 Å². The Morgan fingerprint density at radius 2 is 1.81 bits per heavy atom. The summed E-state index contributed by atoms with van der Waals surface area (Å²) in [5.74, 6) is 0.561. The van der Waals surface area contributed by atoms with Crippen LogP contribution in [0.1, 0.15) is 32.1 Å². The Bertz CT molecular complexity index is 482. The first-order chi connectivity index (χ1) is 10.0. The van der Waals surface area contributed by atoms with Gasteiger partial charge in [0.2, 0.25) is 0 Å². The second kappa shape index (κ2) is 6.12. The number of nitrogens with one attached hydrogen (secondary N) is 2. The molecular weight excluding hydrogens is 290 g/mol. The molecule has 2 aliphatic heterocycles. The van der Waals surface area contributed by atoms with Crippen molar-refractivity contribution in [3.05, 3.63) is 0 Å². The topological polar surface area (TPSA) is 78.5 Å². The summed E-state index contributed by atoms with van der Waals surface area (Å²) >= 11 is 0. The molecule has 120 valence electrons. The Morgan fingerprint density at radius 1 is 1.10 bits per heavy atom. The molecule has 2 N–H and O–H groups in total. The lowest BCUT2D eigenvalue weighted by atomic mass is 10.1. The molecule has 0 radical (unpaired) electrons. The number of urea groups is 1. The predicted octanol–water partition coefficient (Wildman–Crippen LogP) is 0.347. The third-order valence-electron chi connectivity index (χ3n) is 4.81. The number of piperidine rings is 1. The van der Waals surface area contributed by atoms with Gasteiger partial charge in [-0.15, -0.1) is 0 Å². The zero-order chi connectivity index (χ0) is 14.9. The van der Waals surface area contributed by atoms with Crippen LogP contribution in [-0.2, 0) is 9.84 Å². The normalized spacial score (nSPS) is 30.2. The van der Waals surface area contributed by atoms with Crippen molar-refractivity contribution >= 4 is 15.9 Å². The minimum absolute atomic E-state index is 0.0810. The highest BCUT2D eigenvalue weighted by atomic mass is 32.2. The minimum Gasteiger partial charge on any atom is -0.338 e. The monoisotopic (exact) mass is 315 g/mol. The number of likely N-dealkylation sites (tertiary alicyclic amines) is 1. The van der Waals surface area contributed by atoms with Crippen LogP contribution >= 0.6 is 0 Å². The predicted molar refractivity (Wildman–Crippen MR) is 80.9 cm³/mol. The number of carbonyl (C=O) groups is 1. The van der Waals surface area contributed by atoms with Crippen LogP contribution in [0.4, 0.5) is 4.79 Å². The molecule has 1 atom stereocenters. The van der Waals surface area contributed by atoms with Crippen molar-refractivity contribution in [2.24, 2.45) is 5.92 Å². The summed E-state index contributed by atoms with van der Waals surface area (Å²) in [7, 11) is -2.86. The SMILES string of the molecule is O=C(NC[C@@H]1CCS(=O)(=O)C1)NC1CCN(C2CC2)CC1. The quantitative estimate of drug-likeness (QED) is 0.784. The van der Waals surface area contributed by atoms with Gasteiger partial charge in [-0.3, -0.25) is 0 Å². The number of hydrogen-bond acceptors (Lipinski definition) is 4. The van der Waals surface area contributed by atoms with Crippen LogP contribution in [0.15, 0.2) is 0 Å². The average Bonchev–Trinajstić information content (AvgIpc) is 3.22. The van der Waals surface area contributed by atoms with Crippen molar-refractivity contribution in [2.45, 2.75) is 44.2 Å². The highest BCUT2D eigenvalue weighted by Gasteiger charge is 2.32. The van der Waals surface area contributed by atoms with Gasteiger partial charge in [-0.05, 0) is 38.0 Å². The summed E-state index contributed by atoms with van der Waals surface area (Å²) < 4.78 is 22.7. The molecule has 6 nitrogen and oxygen atoms in total. The van der Waals surface area contributed by atoms with E-state index >= 15 is 0 Å². The summed E-state index contributed by atoms with van der Waals surface area (Å²) in [6.07, 6.45) is 5.37. The van der Waals surface area contributed by atoms with Crippen LogP contribution in [0, 0.1) is 5.92 Å². The molecule has 1 saturated carbocycles. The zero-order valence-corrected chi connectivity index (χ0v) is 13.2. The lowest BCUT2D eigenvalue weighted by Crippen LogP contribution is -2.49. The summed E-state index contributed by atoms with van der Waals surface area (Å²) in [5, 5.41) is 5.85. The van der Waals surface area contributed by atoms with Gasteiger partial charge in [-0.25, -0.2) is 13.2 Å². The molecule has 0 aromatic rings. The van der Waals surface area contributed by atoms with Crippen molar-refractivity contribution < 1.29 is 13.2 Å². The lowest BCUT2D eigenvalue weighted by Gasteiger charge is -2.32. The van der Waals surface area contributed by atoms with Crippen LogP contribution in [0.3, 0.4) is 0 Å². The second-order valence-electron chi connectivity index (χ2n) is 6.66. The van der Waals surface area contributed by atoms with Crippen molar-refractivity contribution in [1.29, 1.82) is 0 Å². The standard InChI is InChI=1S/C14H25N3O3S/c18-14(15-9-11-5-8-21(19,20)10-11)16-12-3-6-17(7-4-12)13-1-2-13/h11-13H,1-10H2,(H2,15,16,18)/t11-/m0/s1. The Hall–Kier alpha value is -0.820. The number of carbonyl (C=O) groups excluding carboxylic acids is 1. The third kappa shape index (κ3) is 4.32. The molecule has 7 heteroatoms. The molecule has 3 rings (SSSR count). The smallest absolute Gasteiger partial charge is 0.315 e. The molecule has 0 unspecified atom stereocenters. The summed E-state index contributed by atoms with van der Waals surface area (Å²) in [6, 6.07) is 0.917. The number of amides is 2. The molecule has 0 bridgehead atoms. The zero-order valence-electron chi connectivity index (χ0n) is 12.4. The first-order valence-electron chi connectivity index (χ1n) is 8.01. The van der Waals surface area contributed by atoms with Crippen molar-refractivity contribution in [1.82, 2.24) is 15.5 Å². The van der Waals surface area contributed by atoms with E-state index in [1.165, 1.54) is 12.8 Å². The summed E-state index contributed by atoms with van der Waals surface area (Å²) in [5.41, 5.74) is 0. The van der Waals surface area contributed by atoms with Gasteiger partial charge >= 0.3 is 6.03 Å². The van der Waals surface area contributed by atoms with Crippen LogP contribution in [0.2, 0.25) is 0 Å². The van der Waals surface area contributed by atoms with E-state index in [9.17, 15) is 13.2 Å². The van der Waals surface area contributed by atoms with E-state index in [4.69, 9.17) is 0 Å². The number of sulfone groups is 1. The van der Waals surface area contributed by atoms with Gasteiger partial charge in [-0.1, -0.05) is 0 Å². The van der Waals surface area contributed by atoms with E-state index in [1.54, 1.807) is 0 Å². The second-order valence-corrected chi connectivity index (χ2v) is 8.89. The Labute approximate surface area is 126 Å². The van der Waals surface area contributed by atoms with Gasteiger partial charge in [0, 0.05) is 31.7 Å². The minimum atomic E-state index is -2.86. The van der Waals surface area contributed by atoms with E-state index in [0.717, 1.165) is 32.0 Å². The van der Waals surface area contributed by atoms with E-state index in [2.05, 4.69) is 15.5 Å². The molecule has 0 aromatic heterocycles. The molecule has 1 aliphatic carbocycles. The Kier molecular flexibility index (Phi) is 4.40. The average molecular weight is 315 g/mol. The molecule has 0 spiro atoms. The van der Waals surface area contributed by atoms with Gasteiger partial charge in [-0.2, -0.15) is 0 Å². The maximum Gasteiger partial charge on any atom is 0.315 e. The highest BCUT2D eigenvalue weighted by molar-refractivity contribution is 7.91. The van der Waals surface area contributed by atoms with E-state index in [0.29, 0.717) is 13.0 Å². The first-order valence-corrected chi connectivity index (χ1v) is 9.83. The number of rotatable bonds is 4. The van der Waals surface area contributed by atoms with E-state index in [1.807, 2.05) is 0 Å². The van der Waals surface area contributed by atoms with Crippen LogP contribution < -0.4 is 10.6 Å². The maximum atomic E-state index is 11.9. The lowest BCUT2D eigenvalue weighted by molar-refractivity contribution is 0.185. The molecule has 0 aromatic carbocycles. The molecule has 2 saturated heterocycles. The largest absolute Gasteiger partial charge is 0.338 e. The van der Waals surface area contributed by atoms with E-state index in [-0.39, 0.29) is 29.5 Å². The highest BCUT2D eigenvalue weighted by Crippen LogP contribution is 2.29. The maximum absolute atomic E-state index is 11.9. The van der Waals surface area contributed by atoms with Crippen molar-refractivity contribution in [2.75, 3.05) is 31.1 Å². The van der Waals surface area contributed by atoms with Crippen LogP contribution in [0.5, 0.6) is 0 Å². The fraction of sp³-hybridized carbons (Fsp3) is 0.929. The summed E-state index contributed by atoms with van der Waals surface area (Å²) in [4.78, 5) is 14.4. The molecule has 3 aliphatic rings. The van der Waals surface area contributed by atoms with Gasteiger partial charge in [0.1, 0.15) is 0 Å². The third-order valence-corrected chi connectivity index (χ3v) is 6.64. The molecule has 3 fully saturated rings. The Morgan fingerprint density at radius 3 is 2.38 bits per heavy atom. The number of hydrogen-bond donors (Lipinski definition) is 2. The van der Waals surface area contributed by atoms with Gasteiger partial charge in [0.05, 0.1) is 11.5 Å². The van der Waals surface area contributed by atoms with Gasteiger partial charge < -0.3 is 15.5 Å².